The van der Waals surface area contributed by atoms with Gasteiger partial charge in [0.05, 0.1) is 18.8 Å². The predicted octanol–water partition coefficient (Wildman–Crippen LogP) is 2.89. The van der Waals surface area contributed by atoms with E-state index >= 15 is 0 Å². The van der Waals surface area contributed by atoms with Crippen LogP contribution >= 0.6 is 0 Å². The first-order valence-corrected chi connectivity index (χ1v) is 9.48. The number of carbonyl (C=O) groups is 1. The Hall–Kier alpha value is -3.57. The average molecular weight is 437 g/mol. The summed E-state index contributed by atoms with van der Waals surface area (Å²) in [6.45, 7) is -0.373. The van der Waals surface area contributed by atoms with Crippen LogP contribution in [0.5, 0.6) is 0 Å². The number of benzene rings is 1. The van der Waals surface area contributed by atoms with Crippen molar-refractivity contribution in [3.8, 4) is 0 Å². The molecule has 12 heteroatoms. The van der Waals surface area contributed by atoms with Gasteiger partial charge >= 0.3 is 18.0 Å². The number of hydrogen-bond donors (Lipinski definition) is 1. The molecule has 1 atom stereocenters. The molecule has 164 valence electrons. The quantitative estimate of drug-likeness (QED) is 0.616. The van der Waals surface area contributed by atoms with E-state index in [1.54, 1.807) is 30.3 Å². The van der Waals surface area contributed by atoms with Gasteiger partial charge in [-0.15, -0.1) is 0 Å². The van der Waals surface area contributed by atoms with Crippen LogP contribution in [0.4, 0.5) is 18.0 Å². The fourth-order valence-corrected chi connectivity index (χ4v) is 3.63. The molecule has 1 aromatic carbocycles. The summed E-state index contributed by atoms with van der Waals surface area (Å²) in [5.74, 6) is 0.322. The summed E-state index contributed by atoms with van der Waals surface area (Å²) in [4.78, 5) is 23.6. The first kappa shape index (κ1) is 20.7. The molecule has 0 saturated heterocycles. The Labute approximate surface area is 173 Å². The molecule has 0 radical (unpaired) electrons. The number of nitrogens with zero attached hydrogens (tertiary/aromatic N) is 5. The Bertz CT molecular complexity index is 1150. The number of hydrogen-bond acceptors (Lipinski definition) is 5. The van der Waals surface area contributed by atoms with Gasteiger partial charge < -0.3 is 9.84 Å². The Morgan fingerprint density at radius 2 is 1.90 bits per heavy atom. The highest BCUT2D eigenvalue weighted by Gasteiger charge is 2.36. The van der Waals surface area contributed by atoms with Crippen LogP contribution in [-0.4, -0.2) is 35.4 Å². The van der Waals surface area contributed by atoms with E-state index in [0.717, 1.165) is 20.0 Å². The summed E-state index contributed by atoms with van der Waals surface area (Å²) in [7, 11) is 0. The van der Waals surface area contributed by atoms with E-state index in [0.29, 0.717) is 30.7 Å². The number of halogens is 3. The minimum absolute atomic E-state index is 0.0107. The largest absolute Gasteiger partial charge is 0.507 e. The molecular formula is C19H18F3N5O4. The van der Waals surface area contributed by atoms with Gasteiger partial charge in [-0.1, -0.05) is 30.3 Å². The average Bonchev–Trinajstić information content (AvgIpc) is 3.24. The van der Waals surface area contributed by atoms with E-state index in [2.05, 4.69) is 10.2 Å². The zero-order valence-corrected chi connectivity index (χ0v) is 16.1. The second kappa shape index (κ2) is 7.93. The monoisotopic (exact) mass is 437 g/mol. The zero-order chi connectivity index (χ0) is 22.2. The molecule has 1 aliphatic heterocycles. The maximum atomic E-state index is 13.5. The fourth-order valence-electron chi connectivity index (χ4n) is 3.63. The molecule has 0 bridgehead atoms. The van der Waals surface area contributed by atoms with Crippen molar-refractivity contribution in [3.05, 3.63) is 69.7 Å². The molecule has 1 N–H and O–H groups in total. The molecule has 3 heterocycles. The summed E-state index contributed by atoms with van der Waals surface area (Å²) in [5, 5.41) is 17.1. The topological polar surface area (TPSA) is 104 Å². The van der Waals surface area contributed by atoms with E-state index in [1.165, 1.54) is 0 Å². The second-order valence-corrected chi connectivity index (χ2v) is 7.12. The van der Waals surface area contributed by atoms with Gasteiger partial charge in [0.25, 0.3) is 0 Å². The van der Waals surface area contributed by atoms with Crippen LogP contribution in [-0.2, 0) is 30.4 Å². The van der Waals surface area contributed by atoms with Gasteiger partial charge in [-0.2, -0.15) is 23.4 Å². The Morgan fingerprint density at radius 3 is 2.58 bits per heavy atom. The molecule has 31 heavy (non-hydrogen) atoms. The van der Waals surface area contributed by atoms with Crippen LogP contribution in [0, 0.1) is 0 Å². The fraction of sp³-hybridized carbons (Fsp3) is 0.368. The minimum Gasteiger partial charge on any atom is -0.450 e. The maximum Gasteiger partial charge on any atom is 0.507 e. The summed E-state index contributed by atoms with van der Waals surface area (Å²) in [6.07, 6.45) is -5.85. The molecule has 0 spiro atoms. The smallest absolute Gasteiger partial charge is 0.450 e. The van der Waals surface area contributed by atoms with E-state index in [-0.39, 0.29) is 18.8 Å². The number of aryl methyl sites for hydroxylation is 1. The van der Waals surface area contributed by atoms with Crippen molar-refractivity contribution in [1.82, 2.24) is 24.1 Å². The van der Waals surface area contributed by atoms with Crippen LogP contribution in [0.15, 0.2) is 41.2 Å². The van der Waals surface area contributed by atoms with Crippen molar-refractivity contribution in [2.75, 3.05) is 0 Å². The molecule has 2 aromatic heterocycles. The van der Waals surface area contributed by atoms with E-state index in [4.69, 9.17) is 9.84 Å². The summed E-state index contributed by atoms with van der Waals surface area (Å²) < 4.78 is 48.3. The molecule has 0 aliphatic carbocycles. The van der Waals surface area contributed by atoms with Crippen LogP contribution in [0.3, 0.4) is 0 Å². The lowest BCUT2D eigenvalue weighted by atomic mass is 10.1. The molecular weight excluding hydrogens is 419 g/mol. The van der Waals surface area contributed by atoms with Crippen molar-refractivity contribution in [3.63, 3.8) is 0 Å². The number of alkyl halides is 3. The van der Waals surface area contributed by atoms with Crippen LogP contribution in [0.25, 0.3) is 0 Å². The lowest BCUT2D eigenvalue weighted by molar-refractivity contribution is -0.144. The number of fused-ring (bicyclic) bond motifs is 1. The first-order valence-electron chi connectivity index (χ1n) is 9.48. The summed E-state index contributed by atoms with van der Waals surface area (Å²) >= 11 is 0. The third-order valence-electron chi connectivity index (χ3n) is 4.93. The lowest BCUT2D eigenvalue weighted by Gasteiger charge is -2.21. The van der Waals surface area contributed by atoms with Gasteiger partial charge in [0.1, 0.15) is 11.5 Å². The summed E-state index contributed by atoms with van der Waals surface area (Å²) in [5.41, 5.74) is -0.940. The van der Waals surface area contributed by atoms with Crippen molar-refractivity contribution >= 4 is 6.16 Å². The molecule has 0 amide bonds. The van der Waals surface area contributed by atoms with Gasteiger partial charge in [-0.05, 0) is 18.1 Å². The number of aromatic nitrogens is 5. The maximum absolute atomic E-state index is 13.5. The van der Waals surface area contributed by atoms with E-state index < -0.39 is 29.9 Å². The highest BCUT2D eigenvalue weighted by molar-refractivity contribution is 5.56. The Balaban J connectivity index is 1.65. The highest BCUT2D eigenvalue weighted by Crippen LogP contribution is 2.30. The van der Waals surface area contributed by atoms with Crippen molar-refractivity contribution in [1.29, 1.82) is 0 Å². The Morgan fingerprint density at radius 1 is 1.16 bits per heavy atom. The third-order valence-corrected chi connectivity index (χ3v) is 4.93. The second-order valence-electron chi connectivity index (χ2n) is 7.12. The van der Waals surface area contributed by atoms with Gasteiger partial charge in [0, 0.05) is 12.8 Å². The standard InChI is InChI=1S/C19H18F3N5O4/c20-19(21,22)14-9-13(23-25(14)10-12-5-2-1-3-6-12)11-26-17(28)27-15(24-26)7-4-8-16(27)31-18(29)30/h1-3,5-6,9,16H,4,7-8,10-11H2,(H,29,30)/t16-/m0/s1. The molecule has 1 aliphatic rings. The molecule has 0 fully saturated rings. The van der Waals surface area contributed by atoms with Crippen molar-refractivity contribution < 1.29 is 27.8 Å². The number of ether oxygens (including phenoxy) is 1. The van der Waals surface area contributed by atoms with E-state index in [1.807, 2.05) is 0 Å². The van der Waals surface area contributed by atoms with Gasteiger partial charge in [0.2, 0.25) is 0 Å². The van der Waals surface area contributed by atoms with Gasteiger partial charge in [-0.3, -0.25) is 4.68 Å². The van der Waals surface area contributed by atoms with Gasteiger partial charge in [-0.25, -0.2) is 18.8 Å². The minimum atomic E-state index is -4.63. The number of rotatable bonds is 5. The molecule has 3 aromatic rings. The molecule has 0 unspecified atom stereocenters. The number of carboxylic acid groups (broad SMARTS) is 1. The lowest BCUT2D eigenvalue weighted by Crippen LogP contribution is -2.33. The van der Waals surface area contributed by atoms with Crippen molar-refractivity contribution in [2.24, 2.45) is 0 Å². The zero-order valence-electron chi connectivity index (χ0n) is 16.1. The van der Waals surface area contributed by atoms with E-state index in [9.17, 15) is 22.8 Å². The molecule has 4 rings (SSSR count). The molecule has 9 nitrogen and oxygen atoms in total. The SMILES string of the molecule is O=C(O)O[C@H]1CCCc2nn(Cc3cc(C(F)(F)F)n(Cc4ccccc4)n3)c(=O)n21. The summed E-state index contributed by atoms with van der Waals surface area (Å²) in [6, 6.07) is 9.47. The highest BCUT2D eigenvalue weighted by atomic mass is 19.4. The van der Waals surface area contributed by atoms with Gasteiger partial charge in [0.15, 0.2) is 6.23 Å². The first-order chi connectivity index (χ1) is 14.7. The van der Waals surface area contributed by atoms with Crippen LogP contribution < -0.4 is 5.69 Å². The molecule has 0 saturated carbocycles. The predicted molar refractivity (Wildman–Crippen MR) is 99.4 cm³/mol. The van der Waals surface area contributed by atoms with Crippen molar-refractivity contribution in [2.45, 2.75) is 44.8 Å². The normalized spacial score (nSPS) is 16.2. The van der Waals surface area contributed by atoms with Crippen LogP contribution in [0.2, 0.25) is 0 Å². The van der Waals surface area contributed by atoms with Crippen LogP contribution in [0.1, 0.15) is 41.8 Å². The Kier molecular flexibility index (Phi) is 5.29. The third kappa shape index (κ3) is 4.32.